The van der Waals surface area contributed by atoms with Crippen LogP contribution in [-0.4, -0.2) is 18.3 Å². The number of ether oxygens (including phenoxy) is 1. The Morgan fingerprint density at radius 2 is 1.95 bits per heavy atom. The van der Waals surface area contributed by atoms with Crippen molar-refractivity contribution in [3.63, 3.8) is 0 Å². The largest absolute Gasteiger partial charge is 0.491 e. The average Bonchev–Trinajstić information content (AvgIpc) is 2.85. The van der Waals surface area contributed by atoms with E-state index < -0.39 is 0 Å². The molecule has 3 nitrogen and oxygen atoms in total. The molecule has 0 fully saturated rings. The van der Waals surface area contributed by atoms with Gasteiger partial charge < -0.3 is 15.2 Å². The van der Waals surface area contributed by atoms with Crippen molar-refractivity contribution in [2.45, 2.75) is 19.9 Å². The summed E-state index contributed by atoms with van der Waals surface area (Å²) < 4.78 is 5.33. The van der Waals surface area contributed by atoms with E-state index in [-0.39, 0.29) is 6.61 Å². The van der Waals surface area contributed by atoms with Gasteiger partial charge in [-0.2, -0.15) is 0 Å². The highest BCUT2D eigenvalue weighted by Crippen LogP contribution is 2.26. The maximum Gasteiger partial charge on any atom is 0.119 e. The molecule has 0 aliphatic carbocycles. The van der Waals surface area contributed by atoms with Gasteiger partial charge in [0.15, 0.2) is 0 Å². The molecular weight excluding hydrogens is 258 g/mol. The minimum atomic E-state index is 0.0365. The van der Waals surface area contributed by atoms with Crippen LogP contribution < -0.4 is 10.1 Å². The van der Waals surface area contributed by atoms with Gasteiger partial charge in [0.25, 0.3) is 0 Å². The van der Waals surface area contributed by atoms with Crippen molar-refractivity contribution in [3.8, 4) is 5.75 Å². The van der Waals surface area contributed by atoms with Gasteiger partial charge in [-0.25, -0.2) is 0 Å². The highest BCUT2D eigenvalue weighted by Gasteiger charge is 2.07. The third-order valence-electron chi connectivity index (χ3n) is 2.79. The van der Waals surface area contributed by atoms with Gasteiger partial charge in [-0.1, -0.05) is 0 Å². The van der Waals surface area contributed by atoms with Crippen molar-refractivity contribution in [2.75, 3.05) is 18.5 Å². The molecule has 0 aliphatic heterocycles. The van der Waals surface area contributed by atoms with Crippen molar-refractivity contribution < 1.29 is 9.84 Å². The first-order chi connectivity index (χ1) is 9.19. The van der Waals surface area contributed by atoms with E-state index in [1.807, 2.05) is 35.6 Å². The van der Waals surface area contributed by atoms with Crippen LogP contribution in [0.1, 0.15) is 22.7 Å². The number of aryl methyl sites for hydroxylation is 1. The summed E-state index contributed by atoms with van der Waals surface area (Å²) in [6.45, 7) is 4.64. The minimum Gasteiger partial charge on any atom is -0.491 e. The number of thiophene rings is 1. The summed E-state index contributed by atoms with van der Waals surface area (Å²) in [6, 6.07) is 12.4. The van der Waals surface area contributed by atoms with Crippen molar-refractivity contribution in [1.29, 1.82) is 0 Å². The van der Waals surface area contributed by atoms with Gasteiger partial charge in [0.2, 0.25) is 0 Å². The van der Waals surface area contributed by atoms with Crippen LogP contribution in [-0.2, 0) is 0 Å². The number of anilines is 1. The lowest BCUT2D eigenvalue weighted by Gasteiger charge is -2.14. The minimum absolute atomic E-state index is 0.0365. The quantitative estimate of drug-likeness (QED) is 0.847. The first-order valence-electron chi connectivity index (χ1n) is 6.35. The molecule has 0 saturated carbocycles. The van der Waals surface area contributed by atoms with Gasteiger partial charge in [0, 0.05) is 15.4 Å². The Labute approximate surface area is 117 Å². The average molecular weight is 277 g/mol. The Hall–Kier alpha value is -1.52. The van der Waals surface area contributed by atoms with E-state index in [2.05, 4.69) is 31.3 Å². The molecule has 0 radical (unpaired) electrons. The smallest absolute Gasteiger partial charge is 0.119 e. The fourth-order valence-electron chi connectivity index (χ4n) is 1.82. The Morgan fingerprint density at radius 1 is 1.21 bits per heavy atom. The number of aliphatic hydroxyl groups excluding tert-OH is 1. The van der Waals surface area contributed by atoms with Crippen molar-refractivity contribution >= 4 is 17.0 Å². The van der Waals surface area contributed by atoms with Gasteiger partial charge in [0.05, 0.1) is 12.6 Å². The zero-order valence-corrected chi connectivity index (χ0v) is 12.0. The van der Waals surface area contributed by atoms with Gasteiger partial charge in [-0.15, -0.1) is 11.3 Å². The molecule has 4 heteroatoms. The predicted octanol–water partition coefficient (Wildman–Crippen LogP) is 3.60. The van der Waals surface area contributed by atoms with Crippen LogP contribution >= 0.6 is 11.3 Å². The molecule has 0 aliphatic rings. The van der Waals surface area contributed by atoms with E-state index in [1.165, 1.54) is 9.75 Å². The van der Waals surface area contributed by atoms with Gasteiger partial charge in [0.1, 0.15) is 12.4 Å². The molecule has 1 heterocycles. The van der Waals surface area contributed by atoms with Crippen LogP contribution in [0, 0.1) is 6.92 Å². The van der Waals surface area contributed by atoms with E-state index >= 15 is 0 Å². The lowest BCUT2D eigenvalue weighted by atomic mass is 10.2. The van der Waals surface area contributed by atoms with Gasteiger partial charge in [-0.3, -0.25) is 0 Å². The summed E-state index contributed by atoms with van der Waals surface area (Å²) in [4.78, 5) is 2.66. The van der Waals surface area contributed by atoms with Crippen LogP contribution in [0.3, 0.4) is 0 Å². The topological polar surface area (TPSA) is 41.5 Å². The number of hydrogen-bond donors (Lipinski definition) is 2. The highest BCUT2D eigenvalue weighted by molar-refractivity contribution is 7.12. The van der Waals surface area contributed by atoms with Crippen LogP contribution in [0.25, 0.3) is 0 Å². The van der Waals surface area contributed by atoms with Gasteiger partial charge >= 0.3 is 0 Å². The number of aliphatic hydroxyl groups is 1. The fourth-order valence-corrected chi connectivity index (χ4v) is 2.70. The molecule has 1 unspecified atom stereocenters. The Kier molecular flexibility index (Phi) is 4.82. The molecule has 1 aromatic carbocycles. The molecule has 1 aromatic heterocycles. The lowest BCUT2D eigenvalue weighted by molar-refractivity contribution is 0.201. The van der Waals surface area contributed by atoms with Crippen LogP contribution in [0.5, 0.6) is 5.75 Å². The summed E-state index contributed by atoms with van der Waals surface area (Å²) in [6.07, 6.45) is 0. The van der Waals surface area contributed by atoms with E-state index in [0.717, 1.165) is 11.4 Å². The second kappa shape index (κ2) is 6.59. The first kappa shape index (κ1) is 13.9. The number of nitrogens with one attached hydrogen (secondary N) is 1. The summed E-state index contributed by atoms with van der Waals surface area (Å²) in [5.41, 5.74) is 1.06. The van der Waals surface area contributed by atoms with Crippen LogP contribution in [0.2, 0.25) is 0 Å². The lowest BCUT2D eigenvalue weighted by Crippen LogP contribution is -2.05. The molecule has 2 N–H and O–H groups in total. The maximum atomic E-state index is 8.69. The van der Waals surface area contributed by atoms with Crippen molar-refractivity contribution in [3.05, 3.63) is 46.2 Å². The molecule has 0 bridgehead atoms. The standard InChI is InChI=1S/C15H19NO2S/c1-11-3-8-15(19-11)12(2)16-13-4-6-14(7-5-13)18-10-9-17/h3-8,12,16-17H,9-10H2,1-2H3. The zero-order valence-electron chi connectivity index (χ0n) is 11.2. The molecule has 0 spiro atoms. The van der Waals surface area contributed by atoms with E-state index in [1.54, 1.807) is 0 Å². The molecule has 102 valence electrons. The van der Waals surface area contributed by atoms with Crippen molar-refractivity contribution in [2.24, 2.45) is 0 Å². The van der Waals surface area contributed by atoms with Crippen molar-refractivity contribution in [1.82, 2.24) is 0 Å². The monoisotopic (exact) mass is 277 g/mol. The summed E-state index contributed by atoms with van der Waals surface area (Å²) in [7, 11) is 0. The Morgan fingerprint density at radius 3 is 2.53 bits per heavy atom. The molecule has 0 saturated heterocycles. The second-order valence-electron chi connectivity index (χ2n) is 4.41. The van der Waals surface area contributed by atoms with Crippen LogP contribution in [0.4, 0.5) is 5.69 Å². The fraction of sp³-hybridized carbons (Fsp3) is 0.333. The highest BCUT2D eigenvalue weighted by atomic mass is 32.1. The number of rotatable bonds is 6. The molecular formula is C15H19NO2S. The zero-order chi connectivity index (χ0) is 13.7. The maximum absolute atomic E-state index is 8.69. The third-order valence-corrected chi connectivity index (χ3v) is 3.97. The molecule has 2 aromatic rings. The molecule has 2 rings (SSSR count). The van der Waals surface area contributed by atoms with E-state index in [4.69, 9.17) is 9.84 Å². The normalized spacial score (nSPS) is 12.2. The summed E-state index contributed by atoms with van der Waals surface area (Å²) in [5.74, 6) is 0.777. The first-order valence-corrected chi connectivity index (χ1v) is 7.17. The van der Waals surface area contributed by atoms with E-state index in [9.17, 15) is 0 Å². The number of benzene rings is 1. The van der Waals surface area contributed by atoms with E-state index in [0.29, 0.717) is 12.6 Å². The summed E-state index contributed by atoms with van der Waals surface area (Å²) >= 11 is 1.81. The SMILES string of the molecule is Cc1ccc(C(C)Nc2ccc(OCCO)cc2)s1. The molecule has 1 atom stereocenters. The Balaban J connectivity index is 1.95. The second-order valence-corrected chi connectivity index (χ2v) is 5.73. The number of hydrogen-bond acceptors (Lipinski definition) is 4. The Bertz CT molecular complexity index is 507. The molecule has 0 amide bonds. The molecule has 19 heavy (non-hydrogen) atoms. The van der Waals surface area contributed by atoms with Crippen LogP contribution in [0.15, 0.2) is 36.4 Å². The predicted molar refractivity (Wildman–Crippen MR) is 80.1 cm³/mol. The summed E-state index contributed by atoms with van der Waals surface area (Å²) in [5, 5.41) is 12.2. The van der Waals surface area contributed by atoms with Gasteiger partial charge in [-0.05, 0) is 50.2 Å². The third kappa shape index (κ3) is 3.98.